The smallest absolute Gasteiger partial charge is 0.349 e. The van der Waals surface area contributed by atoms with Gasteiger partial charge in [0.05, 0.1) is 0 Å². The molecule has 0 aliphatic carbocycles. The van der Waals surface area contributed by atoms with E-state index in [9.17, 15) is 15.0 Å². The van der Waals surface area contributed by atoms with Crippen molar-refractivity contribution >= 4 is 18.1 Å². The molecule has 2 aromatic rings. The van der Waals surface area contributed by atoms with Gasteiger partial charge in [0, 0.05) is 0 Å². The second kappa shape index (κ2) is 8.20. The molecule has 2 N–H and O–H groups in total. The SMILES string of the molecule is N#C/C(=C\c1ccc(O)c(O)c1)C(=O)OC/C=C\c1ccccc1. The Bertz CT molecular complexity index is 817. The zero-order valence-electron chi connectivity index (χ0n) is 12.7. The van der Waals surface area contributed by atoms with Crippen LogP contribution in [0.25, 0.3) is 12.2 Å². The van der Waals surface area contributed by atoms with Crippen LogP contribution in [0.4, 0.5) is 0 Å². The molecule has 0 saturated heterocycles. The van der Waals surface area contributed by atoms with E-state index in [1.54, 1.807) is 18.2 Å². The maximum atomic E-state index is 11.9. The van der Waals surface area contributed by atoms with Crippen LogP contribution in [0, 0.1) is 11.3 Å². The summed E-state index contributed by atoms with van der Waals surface area (Å²) in [5.41, 5.74) is 1.18. The molecule has 0 saturated carbocycles. The minimum atomic E-state index is -0.761. The number of rotatable bonds is 5. The molecule has 0 spiro atoms. The molecule has 0 aliphatic rings. The number of nitrogens with zero attached hydrogens (tertiary/aromatic N) is 1. The van der Waals surface area contributed by atoms with Gasteiger partial charge in [-0.1, -0.05) is 42.5 Å². The molecule has 24 heavy (non-hydrogen) atoms. The monoisotopic (exact) mass is 321 g/mol. The number of phenols is 2. The molecule has 0 heterocycles. The number of hydrogen-bond acceptors (Lipinski definition) is 5. The Morgan fingerprint density at radius 3 is 2.50 bits per heavy atom. The van der Waals surface area contributed by atoms with Crippen molar-refractivity contribution < 1.29 is 19.7 Å². The van der Waals surface area contributed by atoms with E-state index < -0.39 is 5.97 Å². The third-order valence-electron chi connectivity index (χ3n) is 3.07. The number of phenolic OH excluding ortho intramolecular Hbond substituents is 2. The largest absolute Gasteiger partial charge is 0.504 e. The van der Waals surface area contributed by atoms with Crippen molar-refractivity contribution in [2.45, 2.75) is 0 Å². The molecule has 0 amide bonds. The lowest BCUT2D eigenvalue weighted by Crippen LogP contribution is -2.06. The highest BCUT2D eigenvalue weighted by Crippen LogP contribution is 2.25. The molecule has 0 fully saturated rings. The molecular weight excluding hydrogens is 306 g/mol. The van der Waals surface area contributed by atoms with Crippen LogP contribution < -0.4 is 0 Å². The lowest BCUT2D eigenvalue weighted by Gasteiger charge is -2.02. The van der Waals surface area contributed by atoms with Gasteiger partial charge in [-0.15, -0.1) is 0 Å². The quantitative estimate of drug-likeness (QED) is 0.382. The van der Waals surface area contributed by atoms with Gasteiger partial charge in [0.25, 0.3) is 0 Å². The van der Waals surface area contributed by atoms with E-state index in [2.05, 4.69) is 0 Å². The molecule has 120 valence electrons. The summed E-state index contributed by atoms with van der Waals surface area (Å²) >= 11 is 0. The lowest BCUT2D eigenvalue weighted by atomic mass is 10.1. The Labute approximate surface area is 139 Å². The molecule has 5 heteroatoms. The first-order valence-corrected chi connectivity index (χ1v) is 7.12. The van der Waals surface area contributed by atoms with Gasteiger partial charge < -0.3 is 14.9 Å². The van der Waals surface area contributed by atoms with Crippen LogP contribution in [0.5, 0.6) is 11.5 Å². The first kappa shape index (κ1) is 16.8. The number of aromatic hydroxyl groups is 2. The summed E-state index contributed by atoms with van der Waals surface area (Å²) in [4.78, 5) is 11.9. The summed E-state index contributed by atoms with van der Waals surface area (Å²) in [6.07, 6.45) is 4.76. The topological polar surface area (TPSA) is 90.5 Å². The molecule has 5 nitrogen and oxygen atoms in total. The third kappa shape index (κ3) is 4.75. The third-order valence-corrected chi connectivity index (χ3v) is 3.07. The van der Waals surface area contributed by atoms with Crippen molar-refractivity contribution in [3.63, 3.8) is 0 Å². The molecule has 0 radical (unpaired) electrons. The molecule has 2 rings (SSSR count). The van der Waals surface area contributed by atoms with E-state index in [0.29, 0.717) is 5.56 Å². The number of ether oxygens (including phenoxy) is 1. The number of nitriles is 1. The number of benzene rings is 2. The summed E-state index contributed by atoms with van der Waals surface area (Å²) in [5, 5.41) is 27.7. The zero-order valence-corrected chi connectivity index (χ0v) is 12.7. The van der Waals surface area contributed by atoms with Gasteiger partial charge in [-0.05, 0) is 35.4 Å². The van der Waals surface area contributed by atoms with E-state index in [4.69, 9.17) is 10.00 Å². The van der Waals surface area contributed by atoms with Crippen molar-refractivity contribution in [1.29, 1.82) is 5.26 Å². The van der Waals surface area contributed by atoms with Gasteiger partial charge in [-0.25, -0.2) is 4.79 Å². The van der Waals surface area contributed by atoms with E-state index >= 15 is 0 Å². The van der Waals surface area contributed by atoms with Gasteiger partial charge in [0.1, 0.15) is 18.2 Å². The predicted molar refractivity (Wildman–Crippen MR) is 89.8 cm³/mol. The first-order chi connectivity index (χ1) is 11.6. The Morgan fingerprint density at radius 1 is 1.08 bits per heavy atom. The standard InChI is InChI=1S/C19H15NO4/c20-13-16(11-15-8-9-17(21)18(22)12-15)19(23)24-10-4-7-14-5-2-1-3-6-14/h1-9,11-12,21-22H,10H2/b7-4-,16-11+. The predicted octanol–water partition coefficient (Wildman–Crippen LogP) is 3.26. The normalized spacial score (nSPS) is 11.2. The van der Waals surface area contributed by atoms with Crippen molar-refractivity contribution in [3.05, 3.63) is 71.3 Å². The lowest BCUT2D eigenvalue weighted by molar-refractivity contribution is -0.137. The fourth-order valence-electron chi connectivity index (χ4n) is 1.88. The molecule has 0 aliphatic heterocycles. The molecule has 0 bridgehead atoms. The zero-order chi connectivity index (χ0) is 17.4. The minimum absolute atomic E-state index is 0.0353. The van der Waals surface area contributed by atoms with E-state index in [1.165, 1.54) is 24.3 Å². The minimum Gasteiger partial charge on any atom is -0.504 e. The fraction of sp³-hybridized carbons (Fsp3) is 0.0526. The van der Waals surface area contributed by atoms with Crippen LogP contribution >= 0.6 is 0 Å². The maximum Gasteiger partial charge on any atom is 0.349 e. The van der Waals surface area contributed by atoms with Crippen LogP contribution in [0.3, 0.4) is 0 Å². The second-order valence-electron chi connectivity index (χ2n) is 4.83. The number of carbonyl (C=O) groups is 1. The van der Waals surface area contributed by atoms with E-state index in [0.717, 1.165) is 5.56 Å². The summed E-state index contributed by atoms with van der Waals surface area (Å²) in [6, 6.07) is 15.3. The maximum absolute atomic E-state index is 11.9. The van der Waals surface area contributed by atoms with E-state index in [1.807, 2.05) is 30.3 Å². The number of carbonyl (C=O) groups excluding carboxylic acids is 1. The average Bonchev–Trinajstić information content (AvgIpc) is 2.60. The Hall–Kier alpha value is -3.52. The first-order valence-electron chi connectivity index (χ1n) is 7.12. The Balaban J connectivity index is 1.98. The summed E-state index contributed by atoms with van der Waals surface area (Å²) in [7, 11) is 0. The van der Waals surface area contributed by atoms with Crippen LogP contribution in [0.1, 0.15) is 11.1 Å². The summed E-state index contributed by atoms with van der Waals surface area (Å²) in [6.45, 7) is 0.0353. The average molecular weight is 321 g/mol. The number of hydrogen-bond donors (Lipinski definition) is 2. The van der Waals surface area contributed by atoms with Crippen molar-refractivity contribution in [2.24, 2.45) is 0 Å². The van der Waals surface area contributed by atoms with Gasteiger partial charge in [-0.2, -0.15) is 5.26 Å². The summed E-state index contributed by atoms with van der Waals surface area (Å²) in [5.74, 6) is -1.37. The summed E-state index contributed by atoms with van der Waals surface area (Å²) < 4.78 is 5.01. The van der Waals surface area contributed by atoms with Crippen LogP contribution in [-0.4, -0.2) is 22.8 Å². The Morgan fingerprint density at radius 2 is 1.83 bits per heavy atom. The van der Waals surface area contributed by atoms with Crippen molar-refractivity contribution in [3.8, 4) is 17.6 Å². The Kier molecular flexibility index (Phi) is 5.76. The van der Waals surface area contributed by atoms with Crippen LogP contribution in [-0.2, 0) is 9.53 Å². The van der Waals surface area contributed by atoms with Crippen molar-refractivity contribution in [2.75, 3.05) is 6.61 Å². The van der Waals surface area contributed by atoms with Gasteiger partial charge in [0.15, 0.2) is 11.5 Å². The highest BCUT2D eigenvalue weighted by molar-refractivity contribution is 5.98. The molecule has 0 atom stereocenters. The fourth-order valence-corrected chi connectivity index (χ4v) is 1.88. The highest BCUT2D eigenvalue weighted by atomic mass is 16.5. The van der Waals surface area contributed by atoms with E-state index in [-0.39, 0.29) is 23.7 Å². The van der Waals surface area contributed by atoms with Crippen molar-refractivity contribution in [1.82, 2.24) is 0 Å². The molecule has 0 aromatic heterocycles. The molecule has 2 aromatic carbocycles. The van der Waals surface area contributed by atoms with Gasteiger partial charge in [-0.3, -0.25) is 0 Å². The number of esters is 1. The second-order valence-corrected chi connectivity index (χ2v) is 4.83. The van der Waals surface area contributed by atoms with Crippen LogP contribution in [0.2, 0.25) is 0 Å². The molecular formula is C19H15NO4. The highest BCUT2D eigenvalue weighted by Gasteiger charge is 2.10. The van der Waals surface area contributed by atoms with Crippen LogP contribution in [0.15, 0.2) is 60.2 Å². The van der Waals surface area contributed by atoms with Gasteiger partial charge in [0.2, 0.25) is 0 Å². The molecule has 0 unspecified atom stereocenters. The van der Waals surface area contributed by atoms with Gasteiger partial charge >= 0.3 is 5.97 Å².